The molecule has 0 aromatic heterocycles. The van der Waals surface area contributed by atoms with Crippen LogP contribution in [0.25, 0.3) is 0 Å². The standard InChI is InChI=1S/C6H14O4.C6H14O2/c7-1-3-9-5-6-10-4-2-8;1-2-3-4-6(8)5-7/h7-8H,1-6H2;6-8H,2-5H2,1H3. The lowest BCUT2D eigenvalue weighted by atomic mass is 10.2. The van der Waals surface area contributed by atoms with Gasteiger partial charge in [0.2, 0.25) is 0 Å². The van der Waals surface area contributed by atoms with E-state index in [2.05, 4.69) is 6.92 Å². The molecule has 0 saturated carbocycles. The van der Waals surface area contributed by atoms with Crippen molar-refractivity contribution in [2.24, 2.45) is 0 Å². The Morgan fingerprint density at radius 1 is 0.889 bits per heavy atom. The van der Waals surface area contributed by atoms with Gasteiger partial charge < -0.3 is 29.9 Å². The monoisotopic (exact) mass is 268 g/mol. The average molecular weight is 268 g/mol. The van der Waals surface area contributed by atoms with Gasteiger partial charge in [0, 0.05) is 0 Å². The Balaban J connectivity index is 0. The lowest BCUT2D eigenvalue weighted by Crippen LogP contribution is -2.10. The predicted molar refractivity (Wildman–Crippen MR) is 68.4 cm³/mol. The van der Waals surface area contributed by atoms with Crippen LogP contribution in [0.1, 0.15) is 26.2 Å². The van der Waals surface area contributed by atoms with Crippen molar-refractivity contribution in [3.63, 3.8) is 0 Å². The van der Waals surface area contributed by atoms with E-state index in [1.54, 1.807) is 0 Å². The topological polar surface area (TPSA) is 99.4 Å². The predicted octanol–water partition coefficient (Wildman–Crippen LogP) is -0.466. The first-order valence-electron chi connectivity index (χ1n) is 6.39. The van der Waals surface area contributed by atoms with Gasteiger partial charge in [-0.25, -0.2) is 0 Å². The second-order valence-electron chi connectivity index (χ2n) is 3.65. The summed E-state index contributed by atoms with van der Waals surface area (Å²) in [6, 6.07) is 0. The third kappa shape index (κ3) is 21.1. The Labute approximate surface area is 109 Å². The van der Waals surface area contributed by atoms with Gasteiger partial charge in [-0.05, 0) is 6.42 Å². The summed E-state index contributed by atoms with van der Waals surface area (Å²) in [5.41, 5.74) is 0. The normalized spacial score (nSPS) is 11.8. The van der Waals surface area contributed by atoms with Gasteiger partial charge in [-0.2, -0.15) is 0 Å². The number of hydrogen-bond donors (Lipinski definition) is 4. The molecule has 0 rings (SSSR count). The largest absolute Gasteiger partial charge is 0.394 e. The molecule has 0 aliphatic carbocycles. The van der Waals surface area contributed by atoms with Gasteiger partial charge in [-0.3, -0.25) is 0 Å². The minimum absolute atomic E-state index is 0.0417. The van der Waals surface area contributed by atoms with Crippen molar-refractivity contribution in [3.05, 3.63) is 0 Å². The fraction of sp³-hybridized carbons (Fsp3) is 1.00. The van der Waals surface area contributed by atoms with Crippen LogP contribution in [0, 0.1) is 0 Å². The molecule has 4 N–H and O–H groups in total. The molecule has 0 radical (unpaired) electrons. The molecule has 112 valence electrons. The van der Waals surface area contributed by atoms with Gasteiger partial charge >= 0.3 is 0 Å². The second-order valence-corrected chi connectivity index (χ2v) is 3.65. The summed E-state index contributed by atoms with van der Waals surface area (Å²) in [6.07, 6.45) is 2.32. The first-order chi connectivity index (χ1) is 8.72. The number of rotatable bonds is 11. The summed E-state index contributed by atoms with van der Waals surface area (Å²) < 4.78 is 9.75. The number of ether oxygens (including phenoxy) is 2. The van der Waals surface area contributed by atoms with Gasteiger partial charge in [0.1, 0.15) is 0 Å². The van der Waals surface area contributed by atoms with E-state index in [1.165, 1.54) is 0 Å². The van der Waals surface area contributed by atoms with Crippen molar-refractivity contribution < 1.29 is 29.9 Å². The summed E-state index contributed by atoms with van der Waals surface area (Å²) in [5.74, 6) is 0. The number of unbranched alkanes of at least 4 members (excludes halogenated alkanes) is 1. The molecule has 6 heteroatoms. The summed E-state index contributed by atoms with van der Waals surface area (Å²) in [6.45, 7) is 3.69. The molecule has 1 unspecified atom stereocenters. The van der Waals surface area contributed by atoms with Crippen LogP contribution in [0.4, 0.5) is 0 Å². The molecule has 0 aliphatic heterocycles. The van der Waals surface area contributed by atoms with E-state index in [0.717, 1.165) is 19.3 Å². The molecule has 0 aliphatic rings. The van der Waals surface area contributed by atoms with E-state index in [1.807, 2.05) is 0 Å². The number of hydrogen-bond acceptors (Lipinski definition) is 6. The maximum atomic E-state index is 8.74. The third-order valence-corrected chi connectivity index (χ3v) is 1.94. The molecule has 0 amide bonds. The molecule has 6 nitrogen and oxygen atoms in total. The van der Waals surface area contributed by atoms with Gasteiger partial charge in [-0.1, -0.05) is 19.8 Å². The number of aliphatic hydroxyl groups excluding tert-OH is 4. The van der Waals surface area contributed by atoms with Crippen LogP contribution in [0.3, 0.4) is 0 Å². The molecule has 0 saturated heterocycles. The van der Waals surface area contributed by atoms with Crippen LogP contribution < -0.4 is 0 Å². The Hall–Kier alpha value is -0.240. The molecular formula is C12H28O6. The molecular weight excluding hydrogens is 240 g/mol. The molecule has 0 aromatic carbocycles. The molecule has 18 heavy (non-hydrogen) atoms. The summed E-state index contributed by atoms with van der Waals surface area (Å²) in [5, 5.41) is 33.6. The zero-order valence-corrected chi connectivity index (χ0v) is 11.3. The zero-order chi connectivity index (χ0) is 14.1. The summed E-state index contributed by atoms with van der Waals surface area (Å²) in [4.78, 5) is 0. The third-order valence-electron chi connectivity index (χ3n) is 1.94. The number of aliphatic hydroxyl groups is 4. The minimum Gasteiger partial charge on any atom is -0.394 e. The Morgan fingerprint density at radius 3 is 1.72 bits per heavy atom. The summed E-state index contributed by atoms with van der Waals surface area (Å²) in [7, 11) is 0. The highest BCUT2D eigenvalue weighted by molar-refractivity contribution is 4.50. The molecule has 0 fully saturated rings. The van der Waals surface area contributed by atoms with E-state index >= 15 is 0 Å². The van der Waals surface area contributed by atoms with Crippen molar-refractivity contribution in [3.8, 4) is 0 Å². The lowest BCUT2D eigenvalue weighted by molar-refractivity contribution is 0.0222. The van der Waals surface area contributed by atoms with E-state index in [9.17, 15) is 0 Å². The van der Waals surface area contributed by atoms with Crippen molar-refractivity contribution in [1.29, 1.82) is 0 Å². The van der Waals surface area contributed by atoms with Gasteiger partial charge in [0.05, 0.1) is 52.4 Å². The molecule has 0 heterocycles. The Bertz CT molecular complexity index is 126. The van der Waals surface area contributed by atoms with Gasteiger partial charge in [-0.15, -0.1) is 0 Å². The highest BCUT2D eigenvalue weighted by Gasteiger charge is 1.97. The lowest BCUT2D eigenvalue weighted by Gasteiger charge is -2.02. The maximum Gasteiger partial charge on any atom is 0.0770 e. The minimum atomic E-state index is -0.491. The van der Waals surface area contributed by atoms with Crippen molar-refractivity contribution in [1.82, 2.24) is 0 Å². The SMILES string of the molecule is CCCCC(O)CO.OCCOCCOCCO. The van der Waals surface area contributed by atoms with Crippen LogP contribution in [0.2, 0.25) is 0 Å². The van der Waals surface area contributed by atoms with Crippen molar-refractivity contribution in [2.75, 3.05) is 46.2 Å². The van der Waals surface area contributed by atoms with Crippen LogP contribution in [-0.4, -0.2) is 72.8 Å². The molecule has 0 aromatic rings. The van der Waals surface area contributed by atoms with E-state index in [-0.39, 0.29) is 19.8 Å². The highest BCUT2D eigenvalue weighted by atomic mass is 16.5. The second kappa shape index (κ2) is 19.1. The quantitative estimate of drug-likeness (QED) is 0.378. The molecule has 0 bridgehead atoms. The van der Waals surface area contributed by atoms with Crippen molar-refractivity contribution in [2.45, 2.75) is 32.3 Å². The smallest absolute Gasteiger partial charge is 0.0770 e. The van der Waals surface area contributed by atoms with Gasteiger partial charge in [0.15, 0.2) is 0 Å². The van der Waals surface area contributed by atoms with Crippen LogP contribution >= 0.6 is 0 Å². The van der Waals surface area contributed by atoms with Crippen LogP contribution in [0.15, 0.2) is 0 Å². The van der Waals surface area contributed by atoms with E-state index in [0.29, 0.717) is 26.4 Å². The first-order valence-corrected chi connectivity index (χ1v) is 6.39. The zero-order valence-electron chi connectivity index (χ0n) is 11.3. The van der Waals surface area contributed by atoms with Crippen LogP contribution in [-0.2, 0) is 9.47 Å². The van der Waals surface area contributed by atoms with Crippen molar-refractivity contribution >= 4 is 0 Å². The fourth-order valence-corrected chi connectivity index (χ4v) is 0.982. The van der Waals surface area contributed by atoms with Crippen LogP contribution in [0.5, 0.6) is 0 Å². The average Bonchev–Trinajstić information content (AvgIpc) is 2.40. The Morgan fingerprint density at radius 2 is 1.39 bits per heavy atom. The first kappa shape index (κ1) is 20.1. The summed E-state index contributed by atoms with van der Waals surface area (Å²) >= 11 is 0. The Kier molecular flexibility index (Phi) is 21.3. The van der Waals surface area contributed by atoms with Gasteiger partial charge in [0.25, 0.3) is 0 Å². The highest BCUT2D eigenvalue weighted by Crippen LogP contribution is 1.97. The fourth-order valence-electron chi connectivity index (χ4n) is 0.982. The maximum absolute atomic E-state index is 8.74. The van der Waals surface area contributed by atoms with E-state index in [4.69, 9.17) is 29.9 Å². The van der Waals surface area contributed by atoms with E-state index < -0.39 is 6.10 Å². The molecule has 1 atom stereocenters. The molecule has 0 spiro atoms.